The van der Waals surface area contributed by atoms with Crippen molar-refractivity contribution in [3.63, 3.8) is 0 Å². The van der Waals surface area contributed by atoms with Crippen LogP contribution in [0.5, 0.6) is 0 Å². The molecule has 0 amide bonds. The van der Waals surface area contributed by atoms with Crippen LogP contribution in [0, 0.1) is 0 Å². The minimum Gasteiger partial charge on any atom is -0.456 e. The van der Waals surface area contributed by atoms with E-state index in [2.05, 4.69) is 93.3 Å². The minimum absolute atomic E-state index is 0.931. The fraction of sp³-hybridized carbons (Fsp3) is 0. The number of halogens is 1. The van der Waals surface area contributed by atoms with Gasteiger partial charge in [0, 0.05) is 31.7 Å². The number of para-hydroxylation sites is 2. The molecule has 27 heavy (non-hydrogen) atoms. The summed E-state index contributed by atoms with van der Waals surface area (Å²) >= 11 is 3.54. The number of hydrogen-bond donors (Lipinski definition) is 0. The fourth-order valence-corrected chi connectivity index (χ4v) is 4.41. The summed E-state index contributed by atoms with van der Waals surface area (Å²) in [6.07, 6.45) is 0. The zero-order valence-corrected chi connectivity index (χ0v) is 15.9. The Kier molecular flexibility index (Phi) is 3.06. The highest BCUT2D eigenvalue weighted by atomic mass is 79.9. The number of rotatable bonds is 1. The zero-order chi connectivity index (χ0) is 18.0. The smallest absolute Gasteiger partial charge is 0.136 e. The Morgan fingerprint density at radius 2 is 1.33 bits per heavy atom. The summed E-state index contributed by atoms with van der Waals surface area (Å²) in [7, 11) is 0. The molecule has 4 aromatic carbocycles. The van der Waals surface area contributed by atoms with Crippen LogP contribution in [0.1, 0.15) is 0 Å². The van der Waals surface area contributed by atoms with Gasteiger partial charge >= 0.3 is 0 Å². The molecule has 0 radical (unpaired) electrons. The SMILES string of the molecule is Brc1ccc(-n2c3ccccc3c3c4c(ccc32)oc2ccccc24)cc1. The predicted molar refractivity (Wildman–Crippen MR) is 116 cm³/mol. The van der Waals surface area contributed by atoms with Gasteiger partial charge in [-0.1, -0.05) is 52.3 Å². The Morgan fingerprint density at radius 3 is 2.19 bits per heavy atom. The van der Waals surface area contributed by atoms with Crippen molar-refractivity contribution >= 4 is 59.7 Å². The summed E-state index contributed by atoms with van der Waals surface area (Å²) in [5.41, 5.74) is 5.41. The number of benzene rings is 4. The Bertz CT molecular complexity index is 1470. The van der Waals surface area contributed by atoms with E-state index in [4.69, 9.17) is 4.42 Å². The van der Waals surface area contributed by atoms with Gasteiger partial charge in [0.15, 0.2) is 0 Å². The molecule has 0 aliphatic heterocycles. The molecule has 6 aromatic rings. The first-order valence-corrected chi connectivity index (χ1v) is 9.70. The molecule has 0 saturated heterocycles. The highest BCUT2D eigenvalue weighted by Crippen LogP contribution is 2.40. The van der Waals surface area contributed by atoms with Crippen LogP contribution in [0.25, 0.3) is 49.4 Å². The molecule has 0 saturated carbocycles. The van der Waals surface area contributed by atoms with E-state index in [9.17, 15) is 0 Å². The van der Waals surface area contributed by atoms with Crippen molar-refractivity contribution < 1.29 is 4.42 Å². The normalized spacial score (nSPS) is 11.9. The van der Waals surface area contributed by atoms with Gasteiger partial charge in [-0.3, -0.25) is 0 Å². The molecular weight excluding hydrogens is 398 g/mol. The Labute approximate surface area is 163 Å². The summed E-state index contributed by atoms with van der Waals surface area (Å²) in [4.78, 5) is 0. The lowest BCUT2D eigenvalue weighted by Gasteiger charge is -2.07. The molecule has 0 bridgehead atoms. The number of aromatic nitrogens is 1. The van der Waals surface area contributed by atoms with Crippen molar-refractivity contribution in [1.82, 2.24) is 4.57 Å². The van der Waals surface area contributed by atoms with E-state index in [1.807, 2.05) is 12.1 Å². The summed E-state index contributed by atoms with van der Waals surface area (Å²) in [6.45, 7) is 0. The van der Waals surface area contributed by atoms with Crippen LogP contribution < -0.4 is 0 Å². The summed E-state index contributed by atoms with van der Waals surface area (Å²) < 4.78 is 9.54. The fourth-order valence-electron chi connectivity index (χ4n) is 4.14. The molecule has 0 spiro atoms. The first-order valence-electron chi connectivity index (χ1n) is 8.90. The van der Waals surface area contributed by atoms with Crippen molar-refractivity contribution in [2.24, 2.45) is 0 Å². The van der Waals surface area contributed by atoms with Crippen LogP contribution in [-0.2, 0) is 0 Å². The monoisotopic (exact) mass is 411 g/mol. The van der Waals surface area contributed by atoms with E-state index in [1.165, 1.54) is 27.2 Å². The molecule has 0 unspecified atom stereocenters. The van der Waals surface area contributed by atoms with Gasteiger partial charge in [-0.05, 0) is 48.5 Å². The molecule has 128 valence electrons. The Morgan fingerprint density at radius 1 is 0.593 bits per heavy atom. The summed E-state index contributed by atoms with van der Waals surface area (Å²) in [5, 5.41) is 4.84. The van der Waals surface area contributed by atoms with Crippen molar-refractivity contribution in [2.45, 2.75) is 0 Å². The van der Waals surface area contributed by atoms with Crippen molar-refractivity contribution in [2.75, 3.05) is 0 Å². The van der Waals surface area contributed by atoms with Crippen LogP contribution in [0.2, 0.25) is 0 Å². The van der Waals surface area contributed by atoms with Gasteiger partial charge in [-0.25, -0.2) is 0 Å². The number of nitrogens with zero attached hydrogens (tertiary/aromatic N) is 1. The van der Waals surface area contributed by atoms with E-state index in [-0.39, 0.29) is 0 Å². The maximum Gasteiger partial charge on any atom is 0.136 e. The molecule has 0 aliphatic rings. The van der Waals surface area contributed by atoms with Crippen LogP contribution in [0.3, 0.4) is 0 Å². The molecule has 6 rings (SSSR count). The topological polar surface area (TPSA) is 18.1 Å². The highest BCUT2D eigenvalue weighted by molar-refractivity contribution is 9.10. The van der Waals surface area contributed by atoms with Gasteiger partial charge < -0.3 is 8.98 Å². The van der Waals surface area contributed by atoms with Crippen LogP contribution in [0.15, 0.2) is 93.8 Å². The van der Waals surface area contributed by atoms with Crippen molar-refractivity contribution in [3.8, 4) is 5.69 Å². The average Bonchev–Trinajstić information content (AvgIpc) is 3.24. The highest BCUT2D eigenvalue weighted by Gasteiger charge is 2.17. The van der Waals surface area contributed by atoms with E-state index < -0.39 is 0 Å². The van der Waals surface area contributed by atoms with Crippen LogP contribution in [0.4, 0.5) is 0 Å². The lowest BCUT2D eigenvalue weighted by Crippen LogP contribution is -1.92. The second kappa shape index (κ2) is 5.48. The van der Waals surface area contributed by atoms with Crippen molar-refractivity contribution in [3.05, 3.63) is 89.4 Å². The third kappa shape index (κ3) is 2.06. The summed E-state index contributed by atoms with van der Waals surface area (Å²) in [6, 6.07) is 29.6. The first kappa shape index (κ1) is 15.1. The quantitative estimate of drug-likeness (QED) is 0.274. The third-order valence-corrected chi connectivity index (χ3v) is 5.79. The molecule has 0 atom stereocenters. The molecule has 2 heterocycles. The second-order valence-corrected chi connectivity index (χ2v) is 7.68. The Hall–Kier alpha value is -3.04. The molecule has 2 aromatic heterocycles. The largest absolute Gasteiger partial charge is 0.456 e. The second-order valence-electron chi connectivity index (χ2n) is 6.76. The van der Waals surface area contributed by atoms with E-state index in [1.54, 1.807) is 0 Å². The van der Waals surface area contributed by atoms with Gasteiger partial charge in [0.05, 0.1) is 11.0 Å². The molecule has 0 fully saturated rings. The van der Waals surface area contributed by atoms with Gasteiger partial charge in [0.25, 0.3) is 0 Å². The third-order valence-electron chi connectivity index (χ3n) is 5.26. The van der Waals surface area contributed by atoms with Crippen LogP contribution >= 0.6 is 15.9 Å². The average molecular weight is 412 g/mol. The predicted octanol–water partition coefficient (Wildman–Crippen LogP) is 7.45. The van der Waals surface area contributed by atoms with Gasteiger partial charge in [0.2, 0.25) is 0 Å². The van der Waals surface area contributed by atoms with E-state index in [0.717, 1.165) is 26.7 Å². The maximum atomic E-state index is 6.12. The standard InChI is InChI=1S/C24H14BrNO/c25-15-9-11-16(12-10-15)26-19-7-3-1-5-17(19)23-20(26)13-14-22-24(23)18-6-2-4-8-21(18)27-22/h1-14H. The van der Waals surface area contributed by atoms with Gasteiger partial charge in [0.1, 0.15) is 11.2 Å². The lowest BCUT2D eigenvalue weighted by molar-refractivity contribution is 0.669. The number of hydrogen-bond acceptors (Lipinski definition) is 1. The molecule has 0 aliphatic carbocycles. The molecule has 2 nitrogen and oxygen atoms in total. The summed E-state index contributed by atoms with van der Waals surface area (Å²) in [5.74, 6) is 0. The zero-order valence-electron chi connectivity index (χ0n) is 14.3. The molecular formula is C24H14BrNO. The molecule has 3 heteroatoms. The van der Waals surface area contributed by atoms with E-state index >= 15 is 0 Å². The van der Waals surface area contributed by atoms with Gasteiger partial charge in [-0.2, -0.15) is 0 Å². The van der Waals surface area contributed by atoms with Crippen molar-refractivity contribution in [1.29, 1.82) is 0 Å². The number of fused-ring (bicyclic) bond motifs is 7. The van der Waals surface area contributed by atoms with E-state index in [0.29, 0.717) is 0 Å². The minimum atomic E-state index is 0.931. The molecule has 0 N–H and O–H groups in total. The Balaban J connectivity index is 1.88. The maximum absolute atomic E-state index is 6.12. The van der Waals surface area contributed by atoms with Gasteiger partial charge in [-0.15, -0.1) is 0 Å². The lowest BCUT2D eigenvalue weighted by atomic mass is 10.1. The first-order chi connectivity index (χ1) is 13.3. The number of furan rings is 1. The van der Waals surface area contributed by atoms with Crippen LogP contribution in [-0.4, -0.2) is 4.57 Å².